The molecule has 136 valence electrons. The Hall–Kier alpha value is -2.04. The molecule has 0 aromatic heterocycles. The average Bonchev–Trinajstić information content (AvgIpc) is 3.00. The number of hydrogen-bond donors (Lipinski definition) is 1. The average molecular weight is 344 g/mol. The molecule has 5 nitrogen and oxygen atoms in total. The van der Waals surface area contributed by atoms with Gasteiger partial charge in [-0.25, -0.2) is 0 Å². The van der Waals surface area contributed by atoms with Crippen LogP contribution in [-0.2, 0) is 9.59 Å². The van der Waals surface area contributed by atoms with Crippen molar-refractivity contribution < 1.29 is 14.3 Å². The number of rotatable bonds is 5. The molecular weight excluding hydrogens is 316 g/mol. The molecule has 25 heavy (non-hydrogen) atoms. The highest BCUT2D eigenvalue weighted by Crippen LogP contribution is 2.28. The van der Waals surface area contributed by atoms with Crippen LogP contribution < -0.4 is 15.0 Å². The minimum Gasteiger partial charge on any atom is -0.494 e. The van der Waals surface area contributed by atoms with E-state index in [4.69, 9.17) is 4.74 Å². The lowest BCUT2D eigenvalue weighted by Gasteiger charge is -2.27. The summed E-state index contributed by atoms with van der Waals surface area (Å²) in [6, 6.07) is 7.77. The number of ether oxygens (including phenoxy) is 1. The molecule has 0 radical (unpaired) electrons. The maximum absolute atomic E-state index is 12.5. The normalized spacial score (nSPS) is 26.6. The molecule has 0 bridgehead atoms. The van der Waals surface area contributed by atoms with E-state index in [2.05, 4.69) is 12.2 Å². The molecule has 1 aromatic rings. The smallest absolute Gasteiger partial charge is 0.227 e. The molecule has 1 saturated carbocycles. The van der Waals surface area contributed by atoms with Gasteiger partial charge in [0, 0.05) is 24.7 Å². The summed E-state index contributed by atoms with van der Waals surface area (Å²) in [5, 5.41) is 3.16. The van der Waals surface area contributed by atoms with Gasteiger partial charge in [-0.15, -0.1) is 0 Å². The molecule has 1 aromatic carbocycles. The third-order valence-corrected chi connectivity index (χ3v) is 5.32. The van der Waals surface area contributed by atoms with Gasteiger partial charge >= 0.3 is 0 Å². The van der Waals surface area contributed by atoms with Crippen molar-refractivity contribution in [3.05, 3.63) is 24.3 Å². The first-order valence-electron chi connectivity index (χ1n) is 9.40. The van der Waals surface area contributed by atoms with Gasteiger partial charge in [0.15, 0.2) is 0 Å². The number of nitrogens with zero attached hydrogens (tertiary/aromatic N) is 1. The number of hydrogen-bond acceptors (Lipinski definition) is 3. The van der Waals surface area contributed by atoms with Crippen molar-refractivity contribution in [3.8, 4) is 5.75 Å². The van der Waals surface area contributed by atoms with E-state index < -0.39 is 0 Å². The lowest BCUT2D eigenvalue weighted by molar-refractivity contribution is -0.127. The van der Waals surface area contributed by atoms with E-state index >= 15 is 0 Å². The Kier molecular flexibility index (Phi) is 5.61. The van der Waals surface area contributed by atoms with E-state index in [0.717, 1.165) is 30.2 Å². The van der Waals surface area contributed by atoms with Crippen LogP contribution in [0.15, 0.2) is 24.3 Å². The van der Waals surface area contributed by atoms with Gasteiger partial charge in [0.1, 0.15) is 5.75 Å². The molecule has 1 heterocycles. The zero-order valence-corrected chi connectivity index (χ0v) is 15.2. The van der Waals surface area contributed by atoms with E-state index in [9.17, 15) is 9.59 Å². The van der Waals surface area contributed by atoms with Crippen LogP contribution in [0.1, 0.15) is 46.0 Å². The van der Waals surface area contributed by atoms with Gasteiger partial charge in [0.2, 0.25) is 11.8 Å². The minimum atomic E-state index is -0.251. The number of benzene rings is 1. The first kappa shape index (κ1) is 17.8. The zero-order valence-electron chi connectivity index (χ0n) is 15.2. The molecular formula is C20H28N2O3. The van der Waals surface area contributed by atoms with Crippen LogP contribution in [0.4, 0.5) is 5.69 Å². The molecule has 5 heteroatoms. The predicted molar refractivity (Wildman–Crippen MR) is 97.6 cm³/mol. The molecule has 2 fully saturated rings. The summed E-state index contributed by atoms with van der Waals surface area (Å²) < 4.78 is 5.43. The second-order valence-corrected chi connectivity index (χ2v) is 7.30. The van der Waals surface area contributed by atoms with Crippen LogP contribution in [0.25, 0.3) is 0 Å². The standard InChI is InChI=1S/C20H28N2O3/c1-3-25-18-10-8-17(9-11-18)22-13-15(12-19(22)23)20(24)21-16-6-4-14(2)5-7-16/h8-11,14-16H,3-7,12-13H2,1-2H3,(H,21,24). The van der Waals surface area contributed by atoms with Crippen molar-refractivity contribution >= 4 is 17.5 Å². The maximum atomic E-state index is 12.5. The molecule has 1 N–H and O–H groups in total. The largest absolute Gasteiger partial charge is 0.494 e. The fourth-order valence-corrected chi connectivity index (χ4v) is 3.75. The second kappa shape index (κ2) is 7.89. The molecule has 3 rings (SSSR count). The van der Waals surface area contributed by atoms with Gasteiger partial charge in [-0.2, -0.15) is 0 Å². The van der Waals surface area contributed by atoms with Gasteiger partial charge in [-0.1, -0.05) is 6.92 Å². The summed E-state index contributed by atoms with van der Waals surface area (Å²) in [6.45, 7) is 5.28. The Morgan fingerprint density at radius 3 is 2.52 bits per heavy atom. The highest BCUT2D eigenvalue weighted by Gasteiger charge is 2.36. The SMILES string of the molecule is CCOc1ccc(N2CC(C(=O)NC3CCC(C)CC3)CC2=O)cc1. The van der Waals surface area contributed by atoms with Gasteiger partial charge in [0.25, 0.3) is 0 Å². The first-order valence-corrected chi connectivity index (χ1v) is 9.40. The Morgan fingerprint density at radius 1 is 1.20 bits per heavy atom. The Bertz CT molecular complexity index is 606. The lowest BCUT2D eigenvalue weighted by Crippen LogP contribution is -2.41. The van der Waals surface area contributed by atoms with Gasteiger partial charge in [-0.05, 0) is 62.8 Å². The van der Waals surface area contributed by atoms with Crippen LogP contribution in [0.5, 0.6) is 5.75 Å². The minimum absolute atomic E-state index is 0.0153. The molecule has 1 atom stereocenters. The van der Waals surface area contributed by atoms with Gasteiger partial charge in [-0.3, -0.25) is 9.59 Å². The number of anilines is 1. The number of carbonyl (C=O) groups is 2. The Morgan fingerprint density at radius 2 is 1.88 bits per heavy atom. The van der Waals surface area contributed by atoms with E-state index in [-0.39, 0.29) is 23.8 Å². The molecule has 1 unspecified atom stereocenters. The monoisotopic (exact) mass is 344 g/mol. The quantitative estimate of drug-likeness (QED) is 0.893. The third-order valence-electron chi connectivity index (χ3n) is 5.32. The zero-order chi connectivity index (χ0) is 17.8. The molecule has 1 aliphatic carbocycles. The van der Waals surface area contributed by atoms with Gasteiger partial charge < -0.3 is 15.0 Å². The van der Waals surface area contributed by atoms with Crippen LogP contribution in [0, 0.1) is 11.8 Å². The molecule has 0 spiro atoms. The summed E-state index contributed by atoms with van der Waals surface area (Å²) in [5.41, 5.74) is 0.829. The van der Waals surface area contributed by atoms with Gasteiger partial charge in [0.05, 0.1) is 12.5 Å². The van der Waals surface area contributed by atoms with Crippen LogP contribution >= 0.6 is 0 Å². The summed E-state index contributed by atoms with van der Waals surface area (Å²) in [7, 11) is 0. The Balaban J connectivity index is 1.57. The summed E-state index contributed by atoms with van der Waals surface area (Å²) >= 11 is 0. The molecule has 1 saturated heterocycles. The summed E-state index contributed by atoms with van der Waals surface area (Å²) in [5.74, 6) is 1.34. The fourth-order valence-electron chi connectivity index (χ4n) is 3.75. The number of amides is 2. The van der Waals surface area contributed by atoms with Crippen molar-refractivity contribution in [1.29, 1.82) is 0 Å². The van der Waals surface area contributed by atoms with E-state index in [0.29, 0.717) is 19.6 Å². The van der Waals surface area contributed by atoms with Crippen LogP contribution in [0.3, 0.4) is 0 Å². The summed E-state index contributed by atoms with van der Waals surface area (Å²) in [4.78, 5) is 26.6. The topological polar surface area (TPSA) is 58.6 Å². The fraction of sp³-hybridized carbons (Fsp3) is 0.600. The van der Waals surface area contributed by atoms with E-state index in [1.165, 1.54) is 12.8 Å². The van der Waals surface area contributed by atoms with Crippen molar-refractivity contribution in [3.63, 3.8) is 0 Å². The van der Waals surface area contributed by atoms with Crippen molar-refractivity contribution in [2.24, 2.45) is 11.8 Å². The highest BCUT2D eigenvalue weighted by atomic mass is 16.5. The first-order chi connectivity index (χ1) is 12.1. The van der Waals surface area contributed by atoms with Crippen molar-refractivity contribution in [1.82, 2.24) is 5.32 Å². The van der Waals surface area contributed by atoms with E-state index in [1.807, 2.05) is 31.2 Å². The summed E-state index contributed by atoms with van der Waals surface area (Å²) in [6.07, 6.45) is 4.74. The number of carbonyl (C=O) groups excluding carboxylic acids is 2. The third kappa shape index (κ3) is 4.33. The Labute approximate surface area is 149 Å². The maximum Gasteiger partial charge on any atom is 0.227 e. The molecule has 2 amide bonds. The van der Waals surface area contributed by atoms with Crippen LogP contribution in [0.2, 0.25) is 0 Å². The number of nitrogens with one attached hydrogen (secondary N) is 1. The van der Waals surface area contributed by atoms with Crippen LogP contribution in [-0.4, -0.2) is 31.0 Å². The van der Waals surface area contributed by atoms with Crippen molar-refractivity contribution in [2.75, 3.05) is 18.1 Å². The lowest BCUT2D eigenvalue weighted by atomic mass is 9.87. The van der Waals surface area contributed by atoms with E-state index in [1.54, 1.807) is 4.90 Å². The molecule has 2 aliphatic rings. The second-order valence-electron chi connectivity index (χ2n) is 7.30. The molecule has 1 aliphatic heterocycles. The predicted octanol–water partition coefficient (Wildman–Crippen LogP) is 3.13. The highest BCUT2D eigenvalue weighted by molar-refractivity contribution is 6.00. The van der Waals surface area contributed by atoms with Crippen molar-refractivity contribution in [2.45, 2.75) is 52.0 Å².